The molecule has 0 saturated heterocycles. The quantitative estimate of drug-likeness (QED) is 0.430. The summed E-state index contributed by atoms with van der Waals surface area (Å²) in [7, 11) is 0. The van der Waals surface area contributed by atoms with Gasteiger partial charge in [-0.15, -0.1) is 11.8 Å². The molecule has 2 fully saturated rings. The summed E-state index contributed by atoms with van der Waals surface area (Å²) in [4.78, 5) is 38.2. The number of hydrogen-bond donors (Lipinski definition) is 3. The van der Waals surface area contributed by atoms with E-state index in [0.29, 0.717) is 11.3 Å². The average Bonchev–Trinajstić information content (AvgIpc) is 3.66. The van der Waals surface area contributed by atoms with Crippen LogP contribution in [0.25, 0.3) is 0 Å². The van der Waals surface area contributed by atoms with Crippen molar-refractivity contribution >= 4 is 40.9 Å². The zero-order chi connectivity index (χ0) is 23.8. The molecule has 2 aromatic carbocycles. The molecule has 2 aliphatic rings. The predicted molar refractivity (Wildman–Crippen MR) is 137 cm³/mol. The number of carbonyl (C=O) groups is 3. The SMILES string of the molecule is O=C(CSc1ccccc1C(=O)Nc1ccc(NC(=O)C2CC2)cc1)NC1CCCCCCC1. The highest BCUT2D eigenvalue weighted by molar-refractivity contribution is 8.00. The Kier molecular flexibility index (Phi) is 8.63. The Morgan fingerprint density at radius 1 is 0.765 bits per heavy atom. The Bertz CT molecular complexity index is 996. The van der Waals surface area contributed by atoms with E-state index in [2.05, 4.69) is 16.0 Å². The first-order chi connectivity index (χ1) is 16.6. The smallest absolute Gasteiger partial charge is 0.256 e. The highest BCUT2D eigenvalue weighted by Gasteiger charge is 2.29. The van der Waals surface area contributed by atoms with Gasteiger partial charge in [0.25, 0.3) is 5.91 Å². The molecule has 0 aromatic heterocycles. The summed E-state index contributed by atoms with van der Waals surface area (Å²) in [5, 5.41) is 8.99. The van der Waals surface area contributed by atoms with Crippen molar-refractivity contribution < 1.29 is 14.4 Å². The van der Waals surface area contributed by atoms with Gasteiger partial charge in [-0.2, -0.15) is 0 Å². The van der Waals surface area contributed by atoms with E-state index in [0.717, 1.165) is 36.3 Å². The lowest BCUT2D eigenvalue weighted by Gasteiger charge is -2.21. The number of thioether (sulfide) groups is 1. The lowest BCUT2D eigenvalue weighted by Crippen LogP contribution is -2.36. The van der Waals surface area contributed by atoms with Gasteiger partial charge in [-0.1, -0.05) is 44.2 Å². The van der Waals surface area contributed by atoms with Crippen LogP contribution in [0.5, 0.6) is 0 Å². The van der Waals surface area contributed by atoms with E-state index in [9.17, 15) is 14.4 Å². The summed E-state index contributed by atoms with van der Waals surface area (Å²) >= 11 is 1.39. The third-order valence-corrected chi connectivity index (χ3v) is 7.39. The van der Waals surface area contributed by atoms with Gasteiger partial charge in [0.15, 0.2) is 0 Å². The van der Waals surface area contributed by atoms with E-state index in [1.165, 1.54) is 43.9 Å². The van der Waals surface area contributed by atoms with Crippen molar-refractivity contribution in [2.24, 2.45) is 5.92 Å². The van der Waals surface area contributed by atoms with E-state index in [1.807, 2.05) is 18.2 Å². The van der Waals surface area contributed by atoms with Gasteiger partial charge in [-0.3, -0.25) is 14.4 Å². The van der Waals surface area contributed by atoms with Crippen LogP contribution < -0.4 is 16.0 Å². The molecule has 0 unspecified atom stereocenters. The van der Waals surface area contributed by atoms with Crippen molar-refractivity contribution in [2.75, 3.05) is 16.4 Å². The Morgan fingerprint density at radius 2 is 1.38 bits per heavy atom. The number of benzene rings is 2. The van der Waals surface area contributed by atoms with Gasteiger partial charge in [0.1, 0.15) is 0 Å². The van der Waals surface area contributed by atoms with Crippen LogP contribution in [0.4, 0.5) is 11.4 Å². The van der Waals surface area contributed by atoms with Gasteiger partial charge in [-0.25, -0.2) is 0 Å². The maximum Gasteiger partial charge on any atom is 0.256 e. The lowest BCUT2D eigenvalue weighted by atomic mass is 9.97. The summed E-state index contributed by atoms with van der Waals surface area (Å²) < 4.78 is 0. The van der Waals surface area contributed by atoms with Gasteiger partial charge in [0, 0.05) is 28.2 Å². The molecule has 2 aliphatic carbocycles. The second kappa shape index (κ2) is 12.1. The minimum absolute atomic E-state index is 0.0228. The minimum atomic E-state index is -0.224. The van der Waals surface area contributed by atoms with Gasteiger partial charge < -0.3 is 16.0 Å². The number of amides is 3. The highest BCUT2D eigenvalue weighted by atomic mass is 32.2. The topological polar surface area (TPSA) is 87.3 Å². The lowest BCUT2D eigenvalue weighted by molar-refractivity contribution is -0.119. The van der Waals surface area contributed by atoms with Crippen molar-refractivity contribution in [1.82, 2.24) is 5.32 Å². The van der Waals surface area contributed by atoms with Crippen LogP contribution in [0, 0.1) is 5.92 Å². The number of carbonyl (C=O) groups excluding carboxylic acids is 3. The Balaban J connectivity index is 1.30. The molecule has 3 amide bonds. The number of anilines is 2. The van der Waals surface area contributed by atoms with E-state index in [1.54, 1.807) is 30.3 Å². The molecule has 2 aromatic rings. The Morgan fingerprint density at radius 3 is 2.06 bits per heavy atom. The van der Waals surface area contributed by atoms with Gasteiger partial charge in [0.05, 0.1) is 11.3 Å². The average molecular weight is 480 g/mol. The van der Waals surface area contributed by atoms with E-state index in [4.69, 9.17) is 0 Å². The predicted octanol–water partition coefficient (Wildman–Crippen LogP) is 5.61. The number of nitrogens with one attached hydrogen (secondary N) is 3. The maximum absolute atomic E-state index is 12.9. The molecule has 4 rings (SSSR count). The molecule has 6 nitrogen and oxygen atoms in total. The van der Waals surface area contributed by atoms with Gasteiger partial charge in [-0.05, 0) is 62.1 Å². The van der Waals surface area contributed by atoms with E-state index < -0.39 is 0 Å². The van der Waals surface area contributed by atoms with Crippen molar-refractivity contribution in [1.29, 1.82) is 0 Å². The molecular formula is C27H33N3O3S. The van der Waals surface area contributed by atoms with Crippen molar-refractivity contribution in [3.63, 3.8) is 0 Å². The minimum Gasteiger partial charge on any atom is -0.353 e. The Hall–Kier alpha value is -2.80. The van der Waals surface area contributed by atoms with Crippen LogP contribution in [0.2, 0.25) is 0 Å². The first kappa shape index (κ1) is 24.3. The number of hydrogen-bond acceptors (Lipinski definition) is 4. The molecule has 2 saturated carbocycles. The second-order valence-corrected chi connectivity index (χ2v) is 10.2. The highest BCUT2D eigenvalue weighted by Crippen LogP contribution is 2.30. The second-order valence-electron chi connectivity index (χ2n) is 9.19. The molecule has 7 heteroatoms. The van der Waals surface area contributed by atoms with Gasteiger partial charge in [0.2, 0.25) is 11.8 Å². The summed E-state index contributed by atoms with van der Waals surface area (Å²) in [6.45, 7) is 0. The van der Waals surface area contributed by atoms with Crippen LogP contribution in [0.3, 0.4) is 0 Å². The first-order valence-electron chi connectivity index (χ1n) is 12.3. The first-order valence-corrected chi connectivity index (χ1v) is 13.3. The molecule has 0 heterocycles. The molecule has 0 bridgehead atoms. The monoisotopic (exact) mass is 479 g/mol. The molecule has 0 radical (unpaired) electrons. The van der Waals surface area contributed by atoms with Crippen LogP contribution >= 0.6 is 11.8 Å². The van der Waals surface area contributed by atoms with Crippen molar-refractivity contribution in [3.05, 3.63) is 54.1 Å². The zero-order valence-electron chi connectivity index (χ0n) is 19.5. The molecule has 180 valence electrons. The van der Waals surface area contributed by atoms with Crippen molar-refractivity contribution in [2.45, 2.75) is 68.7 Å². The fourth-order valence-corrected chi connectivity index (χ4v) is 5.08. The molecule has 0 atom stereocenters. The summed E-state index contributed by atoms with van der Waals surface area (Å²) in [5.74, 6) is 0.289. The van der Waals surface area contributed by atoms with Crippen molar-refractivity contribution in [3.8, 4) is 0 Å². The van der Waals surface area contributed by atoms with Crippen LogP contribution in [0.1, 0.15) is 68.1 Å². The standard InChI is InChI=1S/C27H33N3O3S/c31-25(28-20-8-4-2-1-3-5-9-20)18-34-24-11-7-6-10-23(24)27(33)30-22-16-14-21(15-17-22)29-26(32)19-12-13-19/h6-7,10-11,14-17,19-20H,1-5,8-9,12-13,18H2,(H,28,31)(H,29,32)(H,30,33). The molecule has 3 N–H and O–H groups in total. The maximum atomic E-state index is 12.9. The summed E-state index contributed by atoms with van der Waals surface area (Å²) in [5.41, 5.74) is 1.91. The van der Waals surface area contributed by atoms with Gasteiger partial charge >= 0.3 is 0 Å². The van der Waals surface area contributed by atoms with E-state index in [-0.39, 0.29) is 35.4 Å². The molecule has 34 heavy (non-hydrogen) atoms. The zero-order valence-corrected chi connectivity index (χ0v) is 20.3. The normalized spacial score (nSPS) is 16.7. The van der Waals surface area contributed by atoms with Crippen LogP contribution in [-0.2, 0) is 9.59 Å². The van der Waals surface area contributed by atoms with Crippen LogP contribution in [-0.4, -0.2) is 29.5 Å². The molecule has 0 aliphatic heterocycles. The Labute approximate surface area is 205 Å². The third kappa shape index (κ3) is 7.35. The largest absolute Gasteiger partial charge is 0.353 e. The molecule has 0 spiro atoms. The summed E-state index contributed by atoms with van der Waals surface area (Å²) in [6, 6.07) is 14.7. The fourth-order valence-electron chi connectivity index (χ4n) is 4.22. The molecular weight excluding hydrogens is 446 g/mol. The number of rotatable bonds is 8. The summed E-state index contributed by atoms with van der Waals surface area (Å²) in [6.07, 6.45) is 10.2. The fraction of sp³-hybridized carbons (Fsp3) is 0.444. The third-order valence-electron chi connectivity index (χ3n) is 6.32. The van der Waals surface area contributed by atoms with E-state index >= 15 is 0 Å². The van der Waals surface area contributed by atoms with Crippen LogP contribution in [0.15, 0.2) is 53.4 Å².